The van der Waals surface area contributed by atoms with Gasteiger partial charge in [0.2, 0.25) is 0 Å². The monoisotopic (exact) mass is 296 g/mol. The molecular formula is C19H24N2O. The quantitative estimate of drug-likeness (QED) is 0.918. The molecule has 3 heteroatoms. The zero-order valence-corrected chi connectivity index (χ0v) is 13.2. The Morgan fingerprint density at radius 1 is 1.14 bits per heavy atom. The van der Waals surface area contributed by atoms with Gasteiger partial charge in [-0.2, -0.15) is 0 Å². The Bertz CT molecular complexity index is 647. The van der Waals surface area contributed by atoms with Gasteiger partial charge in [0.25, 0.3) is 5.91 Å². The summed E-state index contributed by atoms with van der Waals surface area (Å²) in [5.41, 5.74) is 0.743. The van der Waals surface area contributed by atoms with Crippen molar-refractivity contribution in [3.8, 4) is 0 Å². The smallest absolute Gasteiger partial charge is 0.251 e. The summed E-state index contributed by atoms with van der Waals surface area (Å²) in [6, 6.07) is 14.0. The predicted octanol–water partition coefficient (Wildman–Crippen LogP) is 3.30. The van der Waals surface area contributed by atoms with E-state index >= 15 is 0 Å². The van der Waals surface area contributed by atoms with Gasteiger partial charge in [0, 0.05) is 18.7 Å². The Morgan fingerprint density at radius 2 is 1.86 bits per heavy atom. The number of nitrogens with zero attached hydrogens (tertiary/aromatic N) is 1. The molecule has 0 bridgehead atoms. The molecule has 0 spiro atoms. The lowest BCUT2D eigenvalue weighted by Gasteiger charge is -2.20. The highest BCUT2D eigenvalue weighted by molar-refractivity contribution is 5.98. The number of carbonyl (C=O) groups is 1. The second kappa shape index (κ2) is 6.93. The minimum Gasteiger partial charge on any atom is -0.352 e. The van der Waals surface area contributed by atoms with E-state index in [4.69, 9.17) is 0 Å². The van der Waals surface area contributed by atoms with Crippen molar-refractivity contribution in [3.63, 3.8) is 0 Å². The van der Waals surface area contributed by atoms with Crippen molar-refractivity contribution in [2.45, 2.75) is 19.8 Å². The minimum atomic E-state index is 0.0269. The molecule has 2 aromatic carbocycles. The summed E-state index contributed by atoms with van der Waals surface area (Å²) >= 11 is 0. The van der Waals surface area contributed by atoms with Gasteiger partial charge in [-0.3, -0.25) is 4.79 Å². The van der Waals surface area contributed by atoms with Gasteiger partial charge in [-0.25, -0.2) is 0 Å². The van der Waals surface area contributed by atoms with Crippen LogP contribution in [0.5, 0.6) is 0 Å². The first-order valence-corrected chi connectivity index (χ1v) is 8.22. The van der Waals surface area contributed by atoms with Gasteiger partial charge in [-0.1, -0.05) is 37.3 Å². The van der Waals surface area contributed by atoms with Gasteiger partial charge < -0.3 is 10.2 Å². The summed E-state index contributed by atoms with van der Waals surface area (Å²) < 4.78 is 0. The number of rotatable bonds is 5. The van der Waals surface area contributed by atoms with Gasteiger partial charge in [-0.15, -0.1) is 0 Å². The maximum atomic E-state index is 12.3. The number of fused-ring (bicyclic) bond motifs is 1. The van der Waals surface area contributed by atoms with Crippen molar-refractivity contribution in [3.05, 3.63) is 48.0 Å². The van der Waals surface area contributed by atoms with Crippen molar-refractivity contribution >= 4 is 16.7 Å². The van der Waals surface area contributed by atoms with Crippen LogP contribution in [0.4, 0.5) is 0 Å². The SMILES string of the molecule is CC(CNC(=O)c1ccc2ccccc2c1)CN1CCCC1. The third-order valence-corrected chi connectivity index (χ3v) is 4.39. The summed E-state index contributed by atoms with van der Waals surface area (Å²) in [5.74, 6) is 0.515. The van der Waals surface area contributed by atoms with Crippen molar-refractivity contribution in [1.82, 2.24) is 10.2 Å². The van der Waals surface area contributed by atoms with Crippen LogP contribution < -0.4 is 5.32 Å². The highest BCUT2D eigenvalue weighted by atomic mass is 16.1. The number of likely N-dealkylation sites (tertiary alicyclic amines) is 1. The lowest BCUT2D eigenvalue weighted by atomic mass is 10.1. The molecule has 0 aromatic heterocycles. The standard InChI is InChI=1S/C19H24N2O/c1-15(14-21-10-4-5-11-21)13-20-19(22)18-9-8-16-6-2-3-7-17(16)12-18/h2-3,6-9,12,15H,4-5,10-11,13-14H2,1H3,(H,20,22). The van der Waals surface area contributed by atoms with Crippen LogP contribution >= 0.6 is 0 Å². The van der Waals surface area contributed by atoms with E-state index in [1.807, 2.05) is 36.4 Å². The lowest BCUT2D eigenvalue weighted by Crippen LogP contribution is -2.34. The second-order valence-corrected chi connectivity index (χ2v) is 6.38. The van der Waals surface area contributed by atoms with Crippen molar-refractivity contribution in [2.24, 2.45) is 5.92 Å². The fraction of sp³-hybridized carbons (Fsp3) is 0.421. The zero-order valence-electron chi connectivity index (χ0n) is 13.2. The van der Waals surface area contributed by atoms with Crippen LogP contribution in [0.25, 0.3) is 10.8 Å². The fourth-order valence-corrected chi connectivity index (χ4v) is 3.17. The maximum absolute atomic E-state index is 12.3. The Hall–Kier alpha value is -1.87. The van der Waals surface area contributed by atoms with E-state index in [1.54, 1.807) is 0 Å². The molecule has 1 aliphatic heterocycles. The van der Waals surface area contributed by atoms with Crippen LogP contribution in [0.1, 0.15) is 30.1 Å². The average Bonchev–Trinajstić information content (AvgIpc) is 3.05. The molecule has 22 heavy (non-hydrogen) atoms. The number of amides is 1. The number of carbonyl (C=O) groups excluding carboxylic acids is 1. The molecule has 0 saturated carbocycles. The Balaban J connectivity index is 1.56. The molecule has 1 heterocycles. The van der Waals surface area contributed by atoms with E-state index in [0.29, 0.717) is 5.92 Å². The molecule has 1 amide bonds. The first-order valence-electron chi connectivity index (χ1n) is 8.22. The fourth-order valence-electron chi connectivity index (χ4n) is 3.17. The molecule has 1 saturated heterocycles. The molecule has 3 rings (SSSR count). The molecule has 0 radical (unpaired) electrons. The maximum Gasteiger partial charge on any atom is 0.251 e. The van der Waals surface area contributed by atoms with Crippen molar-refractivity contribution in [2.75, 3.05) is 26.2 Å². The number of hydrogen-bond donors (Lipinski definition) is 1. The zero-order chi connectivity index (χ0) is 15.4. The Labute approximate surface area is 132 Å². The third-order valence-electron chi connectivity index (χ3n) is 4.39. The topological polar surface area (TPSA) is 32.3 Å². The van der Waals surface area contributed by atoms with Gasteiger partial charge in [-0.05, 0) is 54.8 Å². The van der Waals surface area contributed by atoms with Crippen LogP contribution in [0.15, 0.2) is 42.5 Å². The van der Waals surface area contributed by atoms with Crippen LogP contribution in [-0.2, 0) is 0 Å². The van der Waals surface area contributed by atoms with Crippen LogP contribution in [0.3, 0.4) is 0 Å². The molecule has 1 fully saturated rings. The Kier molecular flexibility index (Phi) is 4.74. The van der Waals surface area contributed by atoms with E-state index < -0.39 is 0 Å². The van der Waals surface area contributed by atoms with Crippen LogP contribution in [0.2, 0.25) is 0 Å². The molecule has 1 aliphatic rings. The third kappa shape index (κ3) is 3.66. The van der Waals surface area contributed by atoms with Gasteiger partial charge in [0.05, 0.1) is 0 Å². The van der Waals surface area contributed by atoms with E-state index in [0.717, 1.165) is 24.0 Å². The molecule has 1 unspecified atom stereocenters. The predicted molar refractivity (Wildman–Crippen MR) is 91.1 cm³/mol. The molecule has 1 atom stereocenters. The molecule has 116 valence electrons. The van der Waals surface area contributed by atoms with Crippen molar-refractivity contribution < 1.29 is 4.79 Å². The highest BCUT2D eigenvalue weighted by Crippen LogP contribution is 2.15. The van der Waals surface area contributed by atoms with E-state index in [-0.39, 0.29) is 5.91 Å². The summed E-state index contributed by atoms with van der Waals surface area (Å²) in [4.78, 5) is 14.8. The van der Waals surface area contributed by atoms with E-state index in [1.165, 1.54) is 31.3 Å². The first kappa shape index (κ1) is 15.0. The number of nitrogens with one attached hydrogen (secondary N) is 1. The molecule has 3 nitrogen and oxygen atoms in total. The second-order valence-electron chi connectivity index (χ2n) is 6.38. The molecule has 1 N–H and O–H groups in total. The summed E-state index contributed by atoms with van der Waals surface area (Å²) in [6.45, 7) is 6.45. The van der Waals surface area contributed by atoms with Gasteiger partial charge >= 0.3 is 0 Å². The summed E-state index contributed by atoms with van der Waals surface area (Å²) in [6.07, 6.45) is 2.63. The van der Waals surface area contributed by atoms with Gasteiger partial charge in [0.1, 0.15) is 0 Å². The lowest BCUT2D eigenvalue weighted by molar-refractivity contribution is 0.0945. The van der Waals surface area contributed by atoms with Crippen LogP contribution in [-0.4, -0.2) is 37.0 Å². The summed E-state index contributed by atoms with van der Waals surface area (Å²) in [5, 5.41) is 5.35. The van der Waals surface area contributed by atoms with Gasteiger partial charge in [0.15, 0.2) is 0 Å². The molecule has 2 aromatic rings. The first-order chi connectivity index (χ1) is 10.7. The molecular weight excluding hydrogens is 272 g/mol. The summed E-state index contributed by atoms with van der Waals surface area (Å²) in [7, 11) is 0. The van der Waals surface area contributed by atoms with E-state index in [9.17, 15) is 4.79 Å². The largest absolute Gasteiger partial charge is 0.352 e. The minimum absolute atomic E-state index is 0.0269. The van der Waals surface area contributed by atoms with Crippen LogP contribution in [0, 0.1) is 5.92 Å². The highest BCUT2D eigenvalue weighted by Gasteiger charge is 2.15. The normalized spacial score (nSPS) is 16.8. The van der Waals surface area contributed by atoms with E-state index in [2.05, 4.69) is 23.2 Å². The number of benzene rings is 2. The number of hydrogen-bond acceptors (Lipinski definition) is 2. The van der Waals surface area contributed by atoms with Crippen molar-refractivity contribution in [1.29, 1.82) is 0 Å². The average molecular weight is 296 g/mol. The Morgan fingerprint density at radius 3 is 2.64 bits per heavy atom. The molecule has 0 aliphatic carbocycles.